The third kappa shape index (κ3) is 3.94. The number of rotatable bonds is 6. The fraction of sp³-hybridized carbons (Fsp3) is 0.250. The first kappa shape index (κ1) is 14.8. The smallest absolute Gasteiger partial charge is 0.293 e. The van der Waals surface area contributed by atoms with Crippen LogP contribution in [0.1, 0.15) is 17.5 Å². The molecule has 0 aliphatic heterocycles. The molecule has 1 aromatic heterocycles. The first-order valence-electron chi connectivity index (χ1n) is 6.67. The van der Waals surface area contributed by atoms with Crippen molar-refractivity contribution in [2.24, 2.45) is 0 Å². The van der Waals surface area contributed by atoms with Crippen molar-refractivity contribution in [2.75, 3.05) is 13.2 Å². The number of nitrogens with zero attached hydrogens (tertiary/aromatic N) is 2. The number of nitriles is 1. The molecule has 5 nitrogen and oxygen atoms in total. The van der Waals surface area contributed by atoms with Gasteiger partial charge in [0.1, 0.15) is 0 Å². The molecule has 2 aromatic rings. The van der Waals surface area contributed by atoms with Gasteiger partial charge in [-0.05, 0) is 29.8 Å². The molecule has 0 atom stereocenters. The number of benzene rings is 1. The summed E-state index contributed by atoms with van der Waals surface area (Å²) >= 11 is 0. The minimum absolute atomic E-state index is 0.0297. The fourth-order valence-corrected chi connectivity index (χ4v) is 1.93. The summed E-state index contributed by atoms with van der Waals surface area (Å²) < 4.78 is 6.89. The Morgan fingerprint density at radius 2 is 2.14 bits per heavy atom. The SMILES string of the molecule is N#Cc1cccc(Cn2cccc(OCCCO)c2=O)c1. The molecule has 0 aliphatic carbocycles. The number of aromatic nitrogens is 1. The highest BCUT2D eigenvalue weighted by molar-refractivity contribution is 5.33. The zero-order valence-corrected chi connectivity index (χ0v) is 11.5. The van der Waals surface area contributed by atoms with Crippen molar-refractivity contribution in [1.29, 1.82) is 5.26 Å². The number of aliphatic hydroxyl groups is 1. The predicted molar refractivity (Wildman–Crippen MR) is 78.2 cm³/mol. The van der Waals surface area contributed by atoms with Crippen LogP contribution in [0.2, 0.25) is 0 Å². The maximum absolute atomic E-state index is 12.2. The Labute approximate surface area is 122 Å². The Kier molecular flexibility index (Phi) is 5.13. The quantitative estimate of drug-likeness (QED) is 0.816. The number of aliphatic hydroxyl groups excluding tert-OH is 1. The number of hydrogen-bond acceptors (Lipinski definition) is 4. The molecule has 0 saturated carbocycles. The second kappa shape index (κ2) is 7.27. The van der Waals surface area contributed by atoms with Crippen LogP contribution in [0.4, 0.5) is 0 Å². The fourth-order valence-electron chi connectivity index (χ4n) is 1.93. The van der Waals surface area contributed by atoms with E-state index in [0.717, 1.165) is 5.56 Å². The maximum Gasteiger partial charge on any atom is 0.293 e. The lowest BCUT2D eigenvalue weighted by molar-refractivity contribution is 0.231. The predicted octanol–water partition coefficient (Wildman–Crippen LogP) is 1.53. The highest BCUT2D eigenvalue weighted by Gasteiger charge is 2.05. The Hall–Kier alpha value is -2.58. The van der Waals surface area contributed by atoms with Crippen molar-refractivity contribution in [3.05, 3.63) is 64.1 Å². The van der Waals surface area contributed by atoms with Crippen molar-refractivity contribution in [3.8, 4) is 11.8 Å². The molecule has 108 valence electrons. The lowest BCUT2D eigenvalue weighted by Crippen LogP contribution is -2.22. The van der Waals surface area contributed by atoms with Gasteiger partial charge in [0.25, 0.3) is 5.56 Å². The molecule has 1 N–H and O–H groups in total. The van der Waals surface area contributed by atoms with E-state index in [1.165, 1.54) is 4.57 Å². The molecule has 1 aromatic carbocycles. The van der Waals surface area contributed by atoms with E-state index in [-0.39, 0.29) is 17.9 Å². The first-order chi connectivity index (χ1) is 10.2. The number of ether oxygens (including phenoxy) is 1. The van der Waals surface area contributed by atoms with Crippen molar-refractivity contribution < 1.29 is 9.84 Å². The van der Waals surface area contributed by atoms with Gasteiger partial charge >= 0.3 is 0 Å². The molecular formula is C16H16N2O3. The van der Waals surface area contributed by atoms with Crippen LogP contribution in [0.5, 0.6) is 5.75 Å². The van der Waals surface area contributed by atoms with Crippen molar-refractivity contribution in [2.45, 2.75) is 13.0 Å². The third-order valence-corrected chi connectivity index (χ3v) is 2.95. The van der Waals surface area contributed by atoms with Gasteiger partial charge in [-0.2, -0.15) is 5.26 Å². The molecule has 0 saturated heterocycles. The normalized spacial score (nSPS) is 10.1. The second-order valence-electron chi connectivity index (χ2n) is 4.54. The summed E-state index contributed by atoms with van der Waals surface area (Å²) in [5.41, 5.74) is 1.22. The highest BCUT2D eigenvalue weighted by Crippen LogP contribution is 2.08. The highest BCUT2D eigenvalue weighted by atomic mass is 16.5. The second-order valence-corrected chi connectivity index (χ2v) is 4.54. The minimum Gasteiger partial charge on any atom is -0.488 e. The van der Waals surface area contributed by atoms with Crippen molar-refractivity contribution in [1.82, 2.24) is 4.57 Å². The van der Waals surface area contributed by atoms with Gasteiger partial charge in [0.2, 0.25) is 0 Å². The van der Waals surface area contributed by atoms with Crippen LogP contribution in [0, 0.1) is 11.3 Å². The molecule has 0 bridgehead atoms. The van der Waals surface area contributed by atoms with Gasteiger partial charge in [0, 0.05) is 19.2 Å². The molecule has 0 aliphatic rings. The first-order valence-corrected chi connectivity index (χ1v) is 6.67. The lowest BCUT2D eigenvalue weighted by atomic mass is 10.1. The van der Waals surface area contributed by atoms with Crippen LogP contribution in [0.25, 0.3) is 0 Å². The Morgan fingerprint density at radius 3 is 2.90 bits per heavy atom. The average Bonchev–Trinajstić information content (AvgIpc) is 2.51. The molecule has 0 unspecified atom stereocenters. The topological polar surface area (TPSA) is 75.2 Å². The van der Waals surface area contributed by atoms with Crippen LogP contribution in [-0.4, -0.2) is 22.9 Å². The van der Waals surface area contributed by atoms with E-state index in [4.69, 9.17) is 15.1 Å². The van der Waals surface area contributed by atoms with Gasteiger partial charge in [0.05, 0.1) is 24.8 Å². The van der Waals surface area contributed by atoms with Crippen molar-refractivity contribution in [3.63, 3.8) is 0 Å². The van der Waals surface area contributed by atoms with Crippen LogP contribution in [0.3, 0.4) is 0 Å². The number of hydrogen-bond donors (Lipinski definition) is 1. The van der Waals surface area contributed by atoms with Crippen molar-refractivity contribution >= 4 is 0 Å². The monoisotopic (exact) mass is 284 g/mol. The molecule has 0 fully saturated rings. The van der Waals surface area contributed by atoms with E-state index in [9.17, 15) is 4.79 Å². The summed E-state index contributed by atoms with van der Waals surface area (Å²) in [4.78, 5) is 12.2. The summed E-state index contributed by atoms with van der Waals surface area (Å²) in [6.07, 6.45) is 2.17. The number of pyridine rings is 1. The third-order valence-electron chi connectivity index (χ3n) is 2.95. The van der Waals surface area contributed by atoms with Crippen LogP contribution in [0.15, 0.2) is 47.4 Å². The largest absolute Gasteiger partial charge is 0.488 e. The Morgan fingerprint density at radius 1 is 1.29 bits per heavy atom. The van der Waals surface area contributed by atoms with Gasteiger partial charge in [0.15, 0.2) is 5.75 Å². The van der Waals surface area contributed by atoms with Gasteiger partial charge in [-0.15, -0.1) is 0 Å². The zero-order valence-electron chi connectivity index (χ0n) is 11.5. The molecule has 1 heterocycles. The zero-order chi connectivity index (χ0) is 15.1. The van der Waals surface area contributed by atoms with E-state index >= 15 is 0 Å². The molecular weight excluding hydrogens is 268 g/mol. The summed E-state index contributed by atoms with van der Waals surface area (Å²) in [6, 6.07) is 12.6. The maximum atomic E-state index is 12.2. The Balaban J connectivity index is 2.18. The lowest BCUT2D eigenvalue weighted by Gasteiger charge is -2.09. The molecule has 0 spiro atoms. The van der Waals surface area contributed by atoms with Gasteiger partial charge in [-0.3, -0.25) is 4.79 Å². The molecule has 5 heteroatoms. The van der Waals surface area contributed by atoms with E-state index in [1.54, 1.807) is 36.5 Å². The molecule has 0 radical (unpaired) electrons. The molecule has 2 rings (SSSR count). The van der Waals surface area contributed by atoms with E-state index in [2.05, 4.69) is 6.07 Å². The average molecular weight is 284 g/mol. The van der Waals surface area contributed by atoms with Gasteiger partial charge in [-0.25, -0.2) is 0 Å². The molecule has 0 amide bonds. The molecule has 21 heavy (non-hydrogen) atoms. The van der Waals surface area contributed by atoms with E-state index < -0.39 is 0 Å². The van der Waals surface area contributed by atoms with Crippen LogP contribution < -0.4 is 10.3 Å². The van der Waals surface area contributed by atoms with Gasteiger partial charge < -0.3 is 14.4 Å². The minimum atomic E-state index is -0.224. The van der Waals surface area contributed by atoms with E-state index in [1.807, 2.05) is 6.07 Å². The van der Waals surface area contributed by atoms with Crippen LogP contribution >= 0.6 is 0 Å². The van der Waals surface area contributed by atoms with Crippen LogP contribution in [-0.2, 0) is 6.54 Å². The summed E-state index contributed by atoms with van der Waals surface area (Å²) in [5.74, 6) is 0.266. The Bertz CT molecular complexity index is 701. The summed E-state index contributed by atoms with van der Waals surface area (Å²) in [6.45, 7) is 0.715. The van der Waals surface area contributed by atoms with Gasteiger partial charge in [-0.1, -0.05) is 12.1 Å². The summed E-state index contributed by atoms with van der Waals surface area (Å²) in [7, 11) is 0. The summed E-state index contributed by atoms with van der Waals surface area (Å²) in [5, 5.41) is 17.6. The van der Waals surface area contributed by atoms with E-state index in [0.29, 0.717) is 25.1 Å². The standard InChI is InChI=1S/C16H16N2O3/c17-11-13-4-1-5-14(10-13)12-18-7-2-6-15(16(18)20)21-9-3-8-19/h1-2,4-7,10,19H,3,8-9,12H2.